The summed E-state index contributed by atoms with van der Waals surface area (Å²) in [6, 6.07) is 6.50. The molecule has 5 heteroatoms. The third-order valence-corrected chi connectivity index (χ3v) is 5.63. The van der Waals surface area contributed by atoms with Gasteiger partial charge in [0.2, 0.25) is 0 Å². The van der Waals surface area contributed by atoms with Crippen molar-refractivity contribution in [1.82, 2.24) is 9.97 Å². The summed E-state index contributed by atoms with van der Waals surface area (Å²) in [4.78, 5) is 15.1. The molecule has 2 aromatic rings. The predicted octanol–water partition coefficient (Wildman–Crippen LogP) is 3.82. The van der Waals surface area contributed by atoms with Gasteiger partial charge in [-0.3, -0.25) is 0 Å². The van der Waals surface area contributed by atoms with Crippen LogP contribution in [0.4, 0.5) is 11.6 Å². The van der Waals surface area contributed by atoms with Gasteiger partial charge in [-0.2, -0.15) is 0 Å². The molecule has 0 saturated carbocycles. The van der Waals surface area contributed by atoms with E-state index in [4.69, 9.17) is 0 Å². The van der Waals surface area contributed by atoms with Gasteiger partial charge < -0.3 is 9.80 Å². The van der Waals surface area contributed by atoms with Crippen LogP contribution in [-0.4, -0.2) is 36.1 Å². The second kappa shape index (κ2) is 6.71. The number of thiophene rings is 1. The third-order valence-electron chi connectivity index (χ3n) is 4.69. The molecule has 4 rings (SSSR count). The summed E-state index contributed by atoms with van der Waals surface area (Å²) < 4.78 is 0. The van der Waals surface area contributed by atoms with E-state index in [-0.39, 0.29) is 0 Å². The highest BCUT2D eigenvalue weighted by molar-refractivity contribution is 7.11. The Labute approximate surface area is 141 Å². The van der Waals surface area contributed by atoms with Crippen molar-refractivity contribution in [2.75, 3.05) is 36.0 Å². The first-order valence-corrected chi connectivity index (χ1v) is 9.33. The van der Waals surface area contributed by atoms with Crippen molar-refractivity contribution in [1.29, 1.82) is 0 Å². The zero-order valence-electron chi connectivity index (χ0n) is 13.3. The van der Waals surface area contributed by atoms with Crippen LogP contribution in [0.2, 0.25) is 0 Å². The SMILES string of the molecule is C1=C(c2cccs2)CCN(c2cc(N3CCCCC3)ncn2)C1. The Morgan fingerprint density at radius 1 is 0.957 bits per heavy atom. The van der Waals surface area contributed by atoms with Crippen molar-refractivity contribution in [3.8, 4) is 0 Å². The molecule has 23 heavy (non-hydrogen) atoms. The number of rotatable bonds is 3. The Balaban J connectivity index is 1.48. The summed E-state index contributed by atoms with van der Waals surface area (Å²) >= 11 is 1.83. The van der Waals surface area contributed by atoms with E-state index >= 15 is 0 Å². The van der Waals surface area contributed by atoms with Gasteiger partial charge in [0.05, 0.1) is 0 Å². The van der Waals surface area contributed by atoms with E-state index in [9.17, 15) is 0 Å². The van der Waals surface area contributed by atoms with Crippen molar-refractivity contribution in [2.45, 2.75) is 25.7 Å². The molecule has 0 spiro atoms. The molecule has 1 saturated heterocycles. The fourth-order valence-electron chi connectivity index (χ4n) is 3.37. The number of hydrogen-bond acceptors (Lipinski definition) is 5. The van der Waals surface area contributed by atoms with Crippen molar-refractivity contribution in [3.05, 3.63) is 40.9 Å². The van der Waals surface area contributed by atoms with Crippen LogP contribution in [0.25, 0.3) is 5.57 Å². The van der Waals surface area contributed by atoms with Crippen molar-refractivity contribution in [2.24, 2.45) is 0 Å². The molecule has 1 fully saturated rings. The average Bonchev–Trinajstić information content (AvgIpc) is 3.17. The Hall–Kier alpha value is -1.88. The second-order valence-electron chi connectivity index (χ2n) is 6.18. The minimum absolute atomic E-state index is 0.934. The maximum atomic E-state index is 4.51. The number of hydrogen-bond donors (Lipinski definition) is 0. The number of nitrogens with zero attached hydrogens (tertiary/aromatic N) is 4. The molecule has 0 N–H and O–H groups in total. The lowest BCUT2D eigenvalue weighted by Gasteiger charge is -2.30. The monoisotopic (exact) mass is 326 g/mol. The molecule has 2 aliphatic heterocycles. The summed E-state index contributed by atoms with van der Waals surface area (Å²) in [7, 11) is 0. The number of piperidine rings is 1. The molecular formula is C18H22N4S. The molecule has 2 aromatic heterocycles. The highest BCUT2D eigenvalue weighted by Crippen LogP contribution is 2.28. The fraction of sp³-hybridized carbons (Fsp3) is 0.444. The maximum Gasteiger partial charge on any atom is 0.134 e. The van der Waals surface area contributed by atoms with Gasteiger partial charge >= 0.3 is 0 Å². The van der Waals surface area contributed by atoms with E-state index < -0.39 is 0 Å². The van der Waals surface area contributed by atoms with Gasteiger partial charge in [0.25, 0.3) is 0 Å². The van der Waals surface area contributed by atoms with Crippen LogP contribution in [0.15, 0.2) is 36.0 Å². The van der Waals surface area contributed by atoms with E-state index in [1.165, 1.54) is 29.7 Å². The van der Waals surface area contributed by atoms with Crippen LogP contribution in [-0.2, 0) is 0 Å². The van der Waals surface area contributed by atoms with Crippen molar-refractivity contribution < 1.29 is 0 Å². The standard InChI is InChI=1S/C18H22N4S/c1-2-8-21(9-3-1)17-13-18(20-14-19-17)22-10-6-15(7-11-22)16-5-4-12-23-16/h4-6,12-14H,1-3,7-11H2. The first kappa shape index (κ1) is 14.7. The molecule has 0 bridgehead atoms. The Morgan fingerprint density at radius 2 is 1.78 bits per heavy atom. The predicted molar refractivity (Wildman–Crippen MR) is 97.2 cm³/mol. The van der Waals surface area contributed by atoms with Gasteiger partial charge in [0.15, 0.2) is 0 Å². The van der Waals surface area contributed by atoms with E-state index in [0.717, 1.165) is 44.2 Å². The smallest absolute Gasteiger partial charge is 0.134 e. The van der Waals surface area contributed by atoms with Gasteiger partial charge in [-0.15, -0.1) is 11.3 Å². The lowest BCUT2D eigenvalue weighted by Crippen LogP contribution is -2.32. The molecule has 0 amide bonds. The highest BCUT2D eigenvalue weighted by Gasteiger charge is 2.17. The van der Waals surface area contributed by atoms with Gasteiger partial charge in [-0.1, -0.05) is 12.1 Å². The highest BCUT2D eigenvalue weighted by atomic mass is 32.1. The second-order valence-corrected chi connectivity index (χ2v) is 7.13. The molecule has 0 atom stereocenters. The zero-order chi connectivity index (χ0) is 15.5. The van der Waals surface area contributed by atoms with E-state index in [0.29, 0.717) is 0 Å². The number of aromatic nitrogens is 2. The van der Waals surface area contributed by atoms with E-state index in [2.05, 4.69) is 49.4 Å². The largest absolute Gasteiger partial charge is 0.356 e. The van der Waals surface area contributed by atoms with Crippen LogP contribution in [0.5, 0.6) is 0 Å². The number of anilines is 2. The third kappa shape index (κ3) is 3.24. The van der Waals surface area contributed by atoms with Crippen molar-refractivity contribution in [3.63, 3.8) is 0 Å². The molecule has 0 radical (unpaired) electrons. The average molecular weight is 326 g/mol. The molecule has 4 heterocycles. The molecular weight excluding hydrogens is 304 g/mol. The first-order chi connectivity index (χ1) is 11.4. The van der Waals surface area contributed by atoms with Crippen LogP contribution < -0.4 is 9.80 Å². The van der Waals surface area contributed by atoms with Crippen LogP contribution in [0.3, 0.4) is 0 Å². The van der Waals surface area contributed by atoms with Gasteiger partial charge in [0.1, 0.15) is 18.0 Å². The lowest BCUT2D eigenvalue weighted by molar-refractivity contribution is 0.573. The molecule has 0 aliphatic carbocycles. The molecule has 2 aliphatic rings. The normalized spacial score (nSPS) is 18.9. The van der Waals surface area contributed by atoms with Crippen LogP contribution >= 0.6 is 11.3 Å². The van der Waals surface area contributed by atoms with Crippen LogP contribution in [0.1, 0.15) is 30.6 Å². The Morgan fingerprint density at radius 3 is 2.48 bits per heavy atom. The van der Waals surface area contributed by atoms with E-state index in [1.54, 1.807) is 6.33 Å². The fourth-order valence-corrected chi connectivity index (χ4v) is 4.17. The van der Waals surface area contributed by atoms with Gasteiger partial charge in [-0.05, 0) is 42.7 Å². The molecule has 0 aromatic carbocycles. The molecule has 4 nitrogen and oxygen atoms in total. The lowest BCUT2D eigenvalue weighted by atomic mass is 10.1. The molecule has 0 unspecified atom stereocenters. The Bertz CT molecular complexity index is 674. The summed E-state index contributed by atoms with van der Waals surface area (Å²) in [5.41, 5.74) is 1.47. The minimum atomic E-state index is 0.934. The van der Waals surface area contributed by atoms with Gasteiger partial charge in [0, 0.05) is 37.1 Å². The summed E-state index contributed by atoms with van der Waals surface area (Å²) in [5, 5.41) is 2.15. The van der Waals surface area contributed by atoms with Gasteiger partial charge in [-0.25, -0.2) is 9.97 Å². The maximum absolute atomic E-state index is 4.51. The summed E-state index contributed by atoms with van der Waals surface area (Å²) in [6.07, 6.45) is 9.04. The Kier molecular flexibility index (Phi) is 4.28. The molecule has 120 valence electrons. The topological polar surface area (TPSA) is 32.3 Å². The first-order valence-electron chi connectivity index (χ1n) is 8.45. The summed E-state index contributed by atoms with van der Waals surface area (Å²) in [6.45, 7) is 4.21. The van der Waals surface area contributed by atoms with Crippen molar-refractivity contribution >= 4 is 28.5 Å². The quantitative estimate of drug-likeness (QED) is 0.858. The zero-order valence-corrected chi connectivity index (χ0v) is 14.1. The van der Waals surface area contributed by atoms with E-state index in [1.807, 2.05) is 11.3 Å². The summed E-state index contributed by atoms with van der Waals surface area (Å²) in [5.74, 6) is 2.14. The van der Waals surface area contributed by atoms with Crippen LogP contribution in [0, 0.1) is 0 Å². The minimum Gasteiger partial charge on any atom is -0.356 e.